The van der Waals surface area contributed by atoms with Gasteiger partial charge in [0.05, 0.1) is 0 Å². The van der Waals surface area contributed by atoms with Crippen molar-refractivity contribution in [3.63, 3.8) is 0 Å². The first kappa shape index (κ1) is 16.4. The number of hydrogen-bond donors (Lipinski definition) is 2. The summed E-state index contributed by atoms with van der Waals surface area (Å²) in [4.78, 5) is 2.17. The number of hydrogen-bond acceptors (Lipinski definition) is 3. The van der Waals surface area contributed by atoms with Crippen LogP contribution in [0.4, 0.5) is 17.1 Å². The molecule has 0 spiro atoms. The molecule has 3 nitrogen and oxygen atoms in total. The smallest absolute Gasteiger partial charge is 0.0373 e. The van der Waals surface area contributed by atoms with Crippen LogP contribution in [0.2, 0.25) is 0 Å². The molecule has 0 aliphatic carbocycles. The van der Waals surface area contributed by atoms with E-state index in [1.165, 1.54) is 0 Å². The van der Waals surface area contributed by atoms with E-state index in [-0.39, 0.29) is 0 Å². The Morgan fingerprint density at radius 1 is 0.762 bits per heavy atom. The second kappa shape index (κ2) is 9.26. The van der Waals surface area contributed by atoms with Gasteiger partial charge in [-0.15, -0.1) is 13.2 Å². The number of anilines is 3. The van der Waals surface area contributed by atoms with E-state index in [9.17, 15) is 0 Å². The zero-order valence-electron chi connectivity index (χ0n) is 12.3. The molecule has 0 saturated heterocycles. The highest BCUT2D eigenvalue weighted by Gasteiger charge is 2.01. The van der Waals surface area contributed by atoms with Crippen LogP contribution in [0.1, 0.15) is 0 Å². The van der Waals surface area contributed by atoms with E-state index in [2.05, 4.69) is 18.1 Å². The minimum Gasteiger partial charge on any atom is -0.399 e. The van der Waals surface area contributed by atoms with Crippen LogP contribution in [-0.4, -0.2) is 13.1 Å². The van der Waals surface area contributed by atoms with Crippen molar-refractivity contribution in [2.75, 3.05) is 29.5 Å². The maximum Gasteiger partial charge on any atom is 0.0373 e. The van der Waals surface area contributed by atoms with Crippen molar-refractivity contribution in [2.24, 2.45) is 0 Å². The summed E-state index contributed by atoms with van der Waals surface area (Å²) in [6, 6.07) is 17.3. The van der Waals surface area contributed by atoms with Crippen molar-refractivity contribution in [2.45, 2.75) is 0 Å². The molecule has 110 valence electrons. The second-order valence-electron chi connectivity index (χ2n) is 4.48. The SMILES string of the molecule is C=CCN(CC=C)c1ccc(N)cc1.Nc1ccccc1. The van der Waals surface area contributed by atoms with Crippen LogP contribution in [-0.2, 0) is 0 Å². The summed E-state index contributed by atoms with van der Waals surface area (Å²) in [5.41, 5.74) is 13.7. The third-order valence-electron chi connectivity index (χ3n) is 2.76. The van der Waals surface area contributed by atoms with Gasteiger partial charge in [0, 0.05) is 30.2 Å². The predicted molar refractivity (Wildman–Crippen MR) is 94.3 cm³/mol. The Morgan fingerprint density at radius 2 is 1.24 bits per heavy atom. The molecule has 21 heavy (non-hydrogen) atoms. The molecule has 0 unspecified atom stereocenters. The fourth-order valence-corrected chi connectivity index (χ4v) is 1.74. The molecule has 0 fully saturated rings. The lowest BCUT2D eigenvalue weighted by Crippen LogP contribution is -2.22. The van der Waals surface area contributed by atoms with Crippen LogP contribution in [0.5, 0.6) is 0 Å². The Bertz CT molecular complexity index is 522. The van der Waals surface area contributed by atoms with Gasteiger partial charge in [-0.2, -0.15) is 0 Å². The van der Waals surface area contributed by atoms with Gasteiger partial charge in [-0.1, -0.05) is 30.4 Å². The summed E-state index contributed by atoms with van der Waals surface area (Å²) < 4.78 is 0. The number of nitrogens with two attached hydrogens (primary N) is 2. The van der Waals surface area contributed by atoms with E-state index in [1.807, 2.05) is 66.7 Å². The van der Waals surface area contributed by atoms with Gasteiger partial charge < -0.3 is 16.4 Å². The lowest BCUT2D eigenvalue weighted by atomic mass is 10.2. The first-order valence-electron chi connectivity index (χ1n) is 6.80. The molecule has 0 aromatic heterocycles. The summed E-state index contributed by atoms with van der Waals surface area (Å²) in [5.74, 6) is 0. The standard InChI is InChI=1S/C12H16N2.C6H7N/c1-3-9-14(10-4-2)12-7-5-11(13)6-8-12;7-6-4-2-1-3-5-6/h3-8H,1-2,9-10,13H2;1-5H,7H2. The molecular formula is C18H23N3. The van der Waals surface area contributed by atoms with E-state index in [1.54, 1.807) is 0 Å². The van der Waals surface area contributed by atoms with Gasteiger partial charge in [0.1, 0.15) is 0 Å². The highest BCUT2D eigenvalue weighted by molar-refractivity contribution is 5.53. The van der Waals surface area contributed by atoms with E-state index >= 15 is 0 Å². The normalized spacial score (nSPS) is 9.14. The second-order valence-corrected chi connectivity index (χ2v) is 4.48. The Kier molecular flexibility index (Phi) is 7.22. The molecule has 0 saturated carbocycles. The molecule has 2 aromatic carbocycles. The molecule has 0 heterocycles. The van der Waals surface area contributed by atoms with Gasteiger partial charge in [0.25, 0.3) is 0 Å². The van der Waals surface area contributed by atoms with Crippen molar-refractivity contribution in [1.82, 2.24) is 0 Å². The van der Waals surface area contributed by atoms with Gasteiger partial charge in [-0.05, 0) is 36.4 Å². The van der Waals surface area contributed by atoms with Crippen LogP contribution >= 0.6 is 0 Å². The third kappa shape index (κ3) is 6.34. The van der Waals surface area contributed by atoms with E-state index in [0.717, 1.165) is 30.2 Å². The van der Waals surface area contributed by atoms with Crippen molar-refractivity contribution < 1.29 is 0 Å². The molecule has 0 atom stereocenters. The Hall–Kier alpha value is -2.68. The fourth-order valence-electron chi connectivity index (χ4n) is 1.74. The van der Waals surface area contributed by atoms with Gasteiger partial charge >= 0.3 is 0 Å². The number of nitrogen functional groups attached to an aromatic ring is 2. The molecule has 2 rings (SSSR count). The summed E-state index contributed by atoms with van der Waals surface area (Å²) in [7, 11) is 0. The Balaban J connectivity index is 0.000000262. The van der Waals surface area contributed by atoms with E-state index in [0.29, 0.717) is 0 Å². The molecule has 2 aromatic rings. The minimum atomic E-state index is 0.783. The van der Waals surface area contributed by atoms with E-state index in [4.69, 9.17) is 11.5 Å². The van der Waals surface area contributed by atoms with Crippen molar-refractivity contribution in [3.05, 3.63) is 79.9 Å². The molecule has 4 N–H and O–H groups in total. The van der Waals surface area contributed by atoms with Gasteiger partial charge in [-0.25, -0.2) is 0 Å². The number of rotatable bonds is 5. The highest BCUT2D eigenvalue weighted by atomic mass is 15.1. The minimum absolute atomic E-state index is 0.783. The predicted octanol–water partition coefficient (Wildman–Crippen LogP) is 3.72. The lowest BCUT2D eigenvalue weighted by molar-refractivity contribution is 0.957. The van der Waals surface area contributed by atoms with Crippen molar-refractivity contribution in [1.29, 1.82) is 0 Å². The van der Waals surface area contributed by atoms with Crippen molar-refractivity contribution in [3.8, 4) is 0 Å². The number of para-hydroxylation sites is 1. The van der Waals surface area contributed by atoms with Gasteiger partial charge in [0.15, 0.2) is 0 Å². The van der Waals surface area contributed by atoms with E-state index < -0.39 is 0 Å². The average Bonchev–Trinajstić information content (AvgIpc) is 2.49. The quantitative estimate of drug-likeness (QED) is 0.649. The van der Waals surface area contributed by atoms with Crippen LogP contribution < -0.4 is 16.4 Å². The zero-order valence-corrected chi connectivity index (χ0v) is 12.3. The summed E-state index contributed by atoms with van der Waals surface area (Å²) in [6.45, 7) is 9.08. The summed E-state index contributed by atoms with van der Waals surface area (Å²) in [5, 5.41) is 0. The first-order valence-corrected chi connectivity index (χ1v) is 6.80. The molecule has 0 aliphatic heterocycles. The Labute approximate surface area is 127 Å². The number of benzene rings is 2. The molecule has 0 aliphatic rings. The maximum atomic E-state index is 5.62. The lowest BCUT2D eigenvalue weighted by Gasteiger charge is -2.21. The Morgan fingerprint density at radius 3 is 1.62 bits per heavy atom. The first-order chi connectivity index (χ1) is 10.2. The van der Waals surface area contributed by atoms with Gasteiger partial charge in [0.2, 0.25) is 0 Å². The highest BCUT2D eigenvalue weighted by Crippen LogP contribution is 2.15. The van der Waals surface area contributed by atoms with Crippen LogP contribution in [0, 0.1) is 0 Å². The monoisotopic (exact) mass is 281 g/mol. The van der Waals surface area contributed by atoms with Crippen molar-refractivity contribution >= 4 is 17.1 Å². The molecular weight excluding hydrogens is 258 g/mol. The fraction of sp³-hybridized carbons (Fsp3) is 0.111. The maximum absolute atomic E-state index is 5.62. The van der Waals surface area contributed by atoms with Crippen LogP contribution in [0.3, 0.4) is 0 Å². The summed E-state index contributed by atoms with van der Waals surface area (Å²) in [6.07, 6.45) is 3.75. The molecule has 0 radical (unpaired) electrons. The third-order valence-corrected chi connectivity index (χ3v) is 2.76. The van der Waals surface area contributed by atoms with Gasteiger partial charge in [-0.3, -0.25) is 0 Å². The zero-order chi connectivity index (χ0) is 15.5. The largest absolute Gasteiger partial charge is 0.399 e. The molecule has 0 bridgehead atoms. The summed E-state index contributed by atoms with van der Waals surface area (Å²) >= 11 is 0. The number of nitrogens with zero attached hydrogens (tertiary/aromatic N) is 1. The van der Waals surface area contributed by atoms with Crippen LogP contribution in [0.25, 0.3) is 0 Å². The topological polar surface area (TPSA) is 55.3 Å². The molecule has 0 amide bonds. The average molecular weight is 281 g/mol. The van der Waals surface area contributed by atoms with Crippen LogP contribution in [0.15, 0.2) is 79.9 Å². The molecule has 3 heteroatoms.